The Kier molecular flexibility index (Phi) is 6.98. The van der Waals surface area contributed by atoms with E-state index in [4.69, 9.17) is 4.74 Å². The highest BCUT2D eigenvalue weighted by Crippen LogP contribution is 2.44. The van der Waals surface area contributed by atoms with E-state index in [1.807, 2.05) is 47.4 Å². The molecule has 1 atom stereocenters. The number of allylic oxidation sites excluding steroid dienone is 1. The van der Waals surface area contributed by atoms with Crippen LogP contribution in [0.25, 0.3) is 0 Å². The number of nitrogens with zero attached hydrogens (tertiary/aromatic N) is 1. The quantitative estimate of drug-likeness (QED) is 0.388. The van der Waals surface area contributed by atoms with E-state index in [9.17, 15) is 4.79 Å². The van der Waals surface area contributed by atoms with Gasteiger partial charge in [0.2, 0.25) is 0 Å². The summed E-state index contributed by atoms with van der Waals surface area (Å²) in [5.41, 5.74) is 4.46. The first-order valence-electron chi connectivity index (χ1n) is 11.8. The second-order valence-corrected chi connectivity index (χ2v) is 9.32. The van der Waals surface area contributed by atoms with Gasteiger partial charge in [-0.25, -0.2) is 4.79 Å². The molecule has 1 saturated heterocycles. The Morgan fingerprint density at radius 3 is 1.97 bits per heavy atom. The van der Waals surface area contributed by atoms with E-state index in [-0.39, 0.29) is 24.2 Å². The number of likely N-dealkylation sites (tertiary alicyclic amines) is 1. The van der Waals surface area contributed by atoms with Crippen LogP contribution in [0.15, 0.2) is 103 Å². The van der Waals surface area contributed by atoms with Gasteiger partial charge in [0.05, 0.1) is 6.04 Å². The second kappa shape index (κ2) is 10.1. The zero-order chi connectivity index (χ0) is 23.3. The fourth-order valence-corrected chi connectivity index (χ4v) is 4.69. The summed E-state index contributed by atoms with van der Waals surface area (Å²) >= 11 is 0. The maximum Gasteiger partial charge on any atom is 0.410 e. The van der Waals surface area contributed by atoms with E-state index in [0.29, 0.717) is 12.5 Å². The van der Waals surface area contributed by atoms with Crippen molar-refractivity contribution in [3.8, 4) is 0 Å². The second-order valence-electron chi connectivity index (χ2n) is 9.32. The number of benzene rings is 3. The summed E-state index contributed by atoms with van der Waals surface area (Å²) in [6.07, 6.45) is 2.83. The van der Waals surface area contributed by atoms with Crippen molar-refractivity contribution in [1.82, 2.24) is 4.90 Å². The molecule has 170 valence electrons. The van der Waals surface area contributed by atoms with Crippen molar-refractivity contribution in [2.45, 2.75) is 45.3 Å². The van der Waals surface area contributed by atoms with Gasteiger partial charge in [-0.3, -0.25) is 0 Å². The first-order chi connectivity index (χ1) is 16.0. The van der Waals surface area contributed by atoms with Crippen molar-refractivity contribution in [3.63, 3.8) is 0 Å². The average molecular weight is 440 g/mol. The number of ether oxygens (including phenoxy) is 1. The number of carbonyl (C=O) groups is 1. The van der Waals surface area contributed by atoms with Gasteiger partial charge in [-0.05, 0) is 36.0 Å². The number of hydrogen-bond donors (Lipinski definition) is 0. The van der Waals surface area contributed by atoms with Crippen LogP contribution in [0.4, 0.5) is 4.79 Å². The molecule has 33 heavy (non-hydrogen) atoms. The molecule has 0 bridgehead atoms. The maximum absolute atomic E-state index is 13.4. The highest BCUT2D eigenvalue weighted by atomic mass is 16.6. The highest BCUT2D eigenvalue weighted by Gasteiger charge is 2.48. The number of carbonyl (C=O) groups excluding carboxylic acids is 1. The molecule has 0 N–H and O–H groups in total. The molecule has 0 aliphatic carbocycles. The molecule has 0 aromatic heterocycles. The van der Waals surface area contributed by atoms with Crippen LogP contribution in [-0.2, 0) is 16.8 Å². The smallest absolute Gasteiger partial charge is 0.410 e. The van der Waals surface area contributed by atoms with Crippen molar-refractivity contribution in [2.75, 3.05) is 6.54 Å². The molecular weight excluding hydrogens is 406 g/mol. The van der Waals surface area contributed by atoms with Gasteiger partial charge in [0.1, 0.15) is 6.61 Å². The Labute approximate surface area is 197 Å². The molecule has 0 unspecified atom stereocenters. The van der Waals surface area contributed by atoms with Crippen LogP contribution in [0.1, 0.15) is 43.9 Å². The third-order valence-corrected chi connectivity index (χ3v) is 6.86. The van der Waals surface area contributed by atoms with Crippen LogP contribution in [0.3, 0.4) is 0 Å². The van der Waals surface area contributed by atoms with Crippen molar-refractivity contribution < 1.29 is 9.53 Å². The molecule has 0 spiro atoms. The molecule has 1 aliphatic rings. The van der Waals surface area contributed by atoms with Crippen LogP contribution in [0.2, 0.25) is 0 Å². The largest absolute Gasteiger partial charge is 0.445 e. The minimum Gasteiger partial charge on any atom is -0.445 e. The van der Waals surface area contributed by atoms with Gasteiger partial charge < -0.3 is 9.64 Å². The fraction of sp³-hybridized carbons (Fsp3) is 0.300. The lowest BCUT2D eigenvalue weighted by molar-refractivity contribution is 0.0962. The Morgan fingerprint density at radius 2 is 1.45 bits per heavy atom. The number of hydrogen-bond acceptors (Lipinski definition) is 2. The van der Waals surface area contributed by atoms with Crippen LogP contribution in [0.5, 0.6) is 0 Å². The summed E-state index contributed by atoms with van der Waals surface area (Å²) < 4.78 is 5.81. The van der Waals surface area contributed by atoms with Gasteiger partial charge in [0, 0.05) is 12.0 Å². The van der Waals surface area contributed by atoms with Crippen molar-refractivity contribution >= 4 is 6.09 Å². The number of rotatable bonds is 6. The Morgan fingerprint density at radius 1 is 0.939 bits per heavy atom. The van der Waals surface area contributed by atoms with Crippen LogP contribution in [-0.4, -0.2) is 23.6 Å². The van der Waals surface area contributed by atoms with Crippen molar-refractivity contribution in [2.24, 2.45) is 5.92 Å². The molecule has 0 saturated carbocycles. The Bertz CT molecular complexity index is 1030. The van der Waals surface area contributed by atoms with Gasteiger partial charge in [-0.2, -0.15) is 0 Å². The molecule has 1 heterocycles. The van der Waals surface area contributed by atoms with Gasteiger partial charge in [-0.1, -0.05) is 116 Å². The van der Waals surface area contributed by atoms with E-state index < -0.39 is 0 Å². The summed E-state index contributed by atoms with van der Waals surface area (Å²) in [6.45, 7) is 7.41. The predicted molar refractivity (Wildman–Crippen MR) is 134 cm³/mol. The lowest BCUT2D eigenvalue weighted by Crippen LogP contribution is -2.38. The highest BCUT2D eigenvalue weighted by molar-refractivity contribution is 5.70. The zero-order valence-electron chi connectivity index (χ0n) is 19.8. The molecule has 4 rings (SSSR count). The van der Waals surface area contributed by atoms with Gasteiger partial charge in [-0.15, -0.1) is 0 Å². The third-order valence-electron chi connectivity index (χ3n) is 6.86. The fourth-order valence-electron chi connectivity index (χ4n) is 4.69. The van der Waals surface area contributed by atoms with E-state index in [1.165, 1.54) is 16.7 Å². The lowest BCUT2D eigenvalue weighted by atomic mass is 9.73. The van der Waals surface area contributed by atoms with Gasteiger partial charge in [0.15, 0.2) is 0 Å². The summed E-state index contributed by atoms with van der Waals surface area (Å²) in [5.74, 6) is 0.427. The minimum absolute atomic E-state index is 0.0314. The van der Waals surface area contributed by atoms with Crippen LogP contribution in [0, 0.1) is 5.92 Å². The minimum atomic E-state index is -0.285. The monoisotopic (exact) mass is 439 g/mol. The Balaban J connectivity index is 1.71. The first-order valence-corrected chi connectivity index (χ1v) is 11.8. The van der Waals surface area contributed by atoms with Crippen LogP contribution < -0.4 is 0 Å². The van der Waals surface area contributed by atoms with E-state index in [0.717, 1.165) is 12.0 Å². The van der Waals surface area contributed by atoms with E-state index in [1.54, 1.807) is 0 Å². The molecule has 3 heteroatoms. The third kappa shape index (κ3) is 5.03. The molecule has 3 nitrogen and oxygen atoms in total. The molecule has 1 fully saturated rings. The Hall–Kier alpha value is -3.33. The van der Waals surface area contributed by atoms with Crippen LogP contribution >= 0.6 is 0 Å². The molecule has 3 aromatic carbocycles. The summed E-state index contributed by atoms with van der Waals surface area (Å²) in [4.78, 5) is 15.3. The summed E-state index contributed by atoms with van der Waals surface area (Å²) in [5, 5.41) is 0. The SMILES string of the molecule is C/C(=C/[C@H]1CC(c2ccccc2)(c2ccccc2)CN1C(=O)OCc1ccccc1)C(C)C. The molecular formula is C30H33NO2. The molecule has 1 aliphatic heterocycles. The van der Waals surface area contributed by atoms with Gasteiger partial charge >= 0.3 is 6.09 Å². The maximum atomic E-state index is 13.4. The zero-order valence-corrected chi connectivity index (χ0v) is 19.8. The van der Waals surface area contributed by atoms with E-state index in [2.05, 4.69) is 75.4 Å². The normalized spacial score (nSPS) is 17.9. The topological polar surface area (TPSA) is 29.5 Å². The van der Waals surface area contributed by atoms with Crippen molar-refractivity contribution in [3.05, 3.63) is 119 Å². The van der Waals surface area contributed by atoms with Gasteiger partial charge in [0.25, 0.3) is 0 Å². The average Bonchev–Trinajstić information content (AvgIpc) is 3.25. The van der Waals surface area contributed by atoms with Crippen molar-refractivity contribution in [1.29, 1.82) is 0 Å². The lowest BCUT2D eigenvalue weighted by Gasteiger charge is -2.30. The number of amides is 1. The summed E-state index contributed by atoms with van der Waals surface area (Å²) in [7, 11) is 0. The molecule has 3 aromatic rings. The standard InChI is InChI=1S/C30H33NO2/c1-23(2)24(3)19-28-20-30(26-15-9-5-10-16-26,27-17-11-6-12-18-27)22-31(28)29(32)33-21-25-13-7-4-8-14-25/h4-19,23,28H,20-22H2,1-3H3/b24-19-/t28-/m0/s1. The summed E-state index contributed by atoms with van der Waals surface area (Å²) in [6, 6.07) is 31.0. The van der Waals surface area contributed by atoms with E-state index >= 15 is 0 Å². The molecule has 1 amide bonds. The first kappa shape index (κ1) is 22.8. The predicted octanol–water partition coefficient (Wildman–Crippen LogP) is 6.99. The molecule has 0 radical (unpaired) electrons.